The normalized spacial score (nSPS) is 31.2. The van der Waals surface area contributed by atoms with Crippen LogP contribution >= 0.6 is 0 Å². The van der Waals surface area contributed by atoms with Gasteiger partial charge in [0, 0.05) is 29.8 Å². The molecule has 0 aromatic heterocycles. The van der Waals surface area contributed by atoms with Gasteiger partial charge in [-0.25, -0.2) is 0 Å². The zero-order valence-corrected chi connectivity index (χ0v) is 21.6. The molecule has 8 rings (SSSR count). The largest absolute Gasteiger partial charge is 0.378 e. The first-order valence-corrected chi connectivity index (χ1v) is 14.3. The summed E-state index contributed by atoms with van der Waals surface area (Å²) in [5.41, 5.74) is 4.29. The summed E-state index contributed by atoms with van der Waals surface area (Å²) in [5, 5.41) is 7.16. The number of anilines is 1. The minimum Gasteiger partial charge on any atom is -0.378 e. The number of likely N-dealkylation sites (tertiary alicyclic amines) is 1. The summed E-state index contributed by atoms with van der Waals surface area (Å²) < 4.78 is 0. The van der Waals surface area contributed by atoms with Crippen molar-refractivity contribution in [2.45, 2.75) is 50.2 Å². The fourth-order valence-corrected chi connectivity index (χ4v) is 7.99. The molecule has 5 atom stereocenters. The van der Waals surface area contributed by atoms with E-state index < -0.39 is 0 Å². The van der Waals surface area contributed by atoms with Crippen LogP contribution < -0.4 is 10.6 Å². The molecule has 3 saturated carbocycles. The molecule has 3 aromatic rings. The number of amides is 2. The number of carbonyl (C=O) groups excluding carboxylic acids is 2. The van der Waals surface area contributed by atoms with Crippen LogP contribution in [-0.4, -0.2) is 29.3 Å². The van der Waals surface area contributed by atoms with E-state index in [4.69, 9.17) is 0 Å². The number of carbonyl (C=O) groups is 2. The number of nitrogens with one attached hydrogen (secondary N) is 2. The van der Waals surface area contributed by atoms with E-state index in [-0.39, 0.29) is 35.9 Å². The third kappa shape index (κ3) is 3.91. The molecular formula is C33H35N3O2. The number of fused-ring (bicyclic) bond motifs is 6. The van der Waals surface area contributed by atoms with Gasteiger partial charge in [-0.3, -0.25) is 9.59 Å². The molecule has 1 saturated heterocycles. The number of hydrogen-bond acceptors (Lipinski definition) is 3. The standard InChI is InChI=1S/C33H35N3O2/c37-32(24-11-5-2-6-12-24)35-30-23-17-15-21(16-18-23)28(30)33(38)36-20-19-26-29(22-9-3-1-4-10-22)34-27-14-8-7-13-25(27)31(26)36/h1-14,21,23,26,28-31,34H,15-20H2,(H,35,37)/t21?,23?,26-,28-,29+,30+,31+/m1/s1. The van der Waals surface area contributed by atoms with Crippen LogP contribution in [0.4, 0.5) is 5.69 Å². The molecule has 2 aliphatic heterocycles. The lowest BCUT2D eigenvalue weighted by Gasteiger charge is -2.50. The van der Waals surface area contributed by atoms with Gasteiger partial charge in [0.15, 0.2) is 0 Å². The average molecular weight is 506 g/mol. The van der Waals surface area contributed by atoms with Gasteiger partial charge < -0.3 is 15.5 Å². The summed E-state index contributed by atoms with van der Waals surface area (Å²) in [5.74, 6) is 1.07. The summed E-state index contributed by atoms with van der Waals surface area (Å²) in [7, 11) is 0. The Hall–Kier alpha value is -3.60. The van der Waals surface area contributed by atoms with E-state index in [0.717, 1.165) is 44.3 Å². The van der Waals surface area contributed by atoms with Gasteiger partial charge in [-0.1, -0.05) is 66.7 Å². The van der Waals surface area contributed by atoms with Crippen LogP contribution in [0.15, 0.2) is 84.9 Å². The molecule has 38 heavy (non-hydrogen) atoms. The van der Waals surface area contributed by atoms with Crippen molar-refractivity contribution in [1.29, 1.82) is 0 Å². The van der Waals surface area contributed by atoms with Gasteiger partial charge in [0.05, 0.1) is 18.0 Å². The lowest BCUT2D eigenvalue weighted by Crippen LogP contribution is -2.58. The zero-order chi connectivity index (χ0) is 25.6. The monoisotopic (exact) mass is 505 g/mol. The van der Waals surface area contributed by atoms with E-state index >= 15 is 0 Å². The first-order chi connectivity index (χ1) is 18.7. The van der Waals surface area contributed by atoms with Crippen LogP contribution in [0.5, 0.6) is 0 Å². The molecule has 2 bridgehead atoms. The van der Waals surface area contributed by atoms with E-state index in [1.165, 1.54) is 11.1 Å². The second-order valence-corrected chi connectivity index (χ2v) is 11.6. The van der Waals surface area contributed by atoms with Gasteiger partial charge in [-0.2, -0.15) is 0 Å². The van der Waals surface area contributed by atoms with Crippen molar-refractivity contribution in [3.63, 3.8) is 0 Å². The molecule has 3 aliphatic carbocycles. The van der Waals surface area contributed by atoms with Crippen LogP contribution in [0.1, 0.15) is 65.7 Å². The Morgan fingerprint density at radius 2 is 1.42 bits per heavy atom. The summed E-state index contributed by atoms with van der Waals surface area (Å²) in [6.45, 7) is 0.765. The molecular weight excluding hydrogens is 470 g/mol. The predicted molar refractivity (Wildman–Crippen MR) is 148 cm³/mol. The smallest absolute Gasteiger partial charge is 0.251 e. The lowest BCUT2D eigenvalue weighted by molar-refractivity contribution is -0.144. The van der Waals surface area contributed by atoms with Crippen LogP contribution in [0, 0.1) is 23.7 Å². The SMILES string of the molecule is O=C(N[C@H]1C2CCC(CC2)[C@H]1C(=O)N1CC[C@@H]2[C@H](c3ccccc3)Nc3ccccc3[C@@H]21)c1ccccc1. The van der Waals surface area contributed by atoms with Crippen molar-refractivity contribution < 1.29 is 9.59 Å². The maximum Gasteiger partial charge on any atom is 0.251 e. The number of hydrogen-bond donors (Lipinski definition) is 2. The molecule has 2 amide bonds. The Balaban J connectivity index is 1.21. The first kappa shape index (κ1) is 23.5. The van der Waals surface area contributed by atoms with Gasteiger partial charge in [0.25, 0.3) is 5.91 Å². The van der Waals surface area contributed by atoms with E-state index in [2.05, 4.69) is 70.1 Å². The molecule has 0 unspecified atom stereocenters. The van der Waals surface area contributed by atoms with Gasteiger partial charge in [-0.15, -0.1) is 0 Å². The number of nitrogens with zero attached hydrogens (tertiary/aromatic N) is 1. The van der Waals surface area contributed by atoms with E-state index in [0.29, 0.717) is 23.3 Å². The topological polar surface area (TPSA) is 61.4 Å². The van der Waals surface area contributed by atoms with Crippen molar-refractivity contribution in [3.05, 3.63) is 102 Å². The molecule has 5 aliphatic rings. The minimum atomic E-state index is -0.147. The van der Waals surface area contributed by atoms with Crippen molar-refractivity contribution in [2.75, 3.05) is 11.9 Å². The Kier molecular flexibility index (Phi) is 5.95. The Bertz CT molecular complexity index is 1320. The molecule has 5 heteroatoms. The number of para-hydroxylation sites is 1. The molecule has 5 nitrogen and oxygen atoms in total. The summed E-state index contributed by atoms with van der Waals surface area (Å²) in [6.07, 6.45) is 5.35. The second kappa shape index (κ2) is 9.61. The lowest BCUT2D eigenvalue weighted by atomic mass is 9.61. The highest BCUT2D eigenvalue weighted by molar-refractivity contribution is 5.95. The van der Waals surface area contributed by atoms with Gasteiger partial charge in [-0.05, 0) is 73.3 Å². The van der Waals surface area contributed by atoms with Gasteiger partial charge in [0.2, 0.25) is 5.91 Å². The van der Waals surface area contributed by atoms with Crippen molar-refractivity contribution in [3.8, 4) is 0 Å². The van der Waals surface area contributed by atoms with Crippen molar-refractivity contribution >= 4 is 17.5 Å². The van der Waals surface area contributed by atoms with Crippen molar-refractivity contribution in [1.82, 2.24) is 10.2 Å². The number of benzene rings is 3. The van der Waals surface area contributed by atoms with E-state index in [9.17, 15) is 9.59 Å². The predicted octanol–water partition coefficient (Wildman–Crippen LogP) is 5.98. The first-order valence-electron chi connectivity index (χ1n) is 14.3. The fourth-order valence-electron chi connectivity index (χ4n) is 7.99. The highest BCUT2D eigenvalue weighted by Gasteiger charge is 2.53. The molecule has 2 heterocycles. The van der Waals surface area contributed by atoms with Crippen LogP contribution in [0.25, 0.3) is 0 Å². The Labute approximate surface area is 224 Å². The third-order valence-electron chi connectivity index (χ3n) is 9.74. The average Bonchev–Trinajstić information content (AvgIpc) is 3.43. The summed E-state index contributed by atoms with van der Waals surface area (Å²) in [6, 6.07) is 28.7. The van der Waals surface area contributed by atoms with Crippen molar-refractivity contribution in [2.24, 2.45) is 23.7 Å². The van der Waals surface area contributed by atoms with Crippen LogP contribution in [0.3, 0.4) is 0 Å². The molecule has 0 spiro atoms. The Morgan fingerprint density at radius 1 is 0.763 bits per heavy atom. The highest BCUT2D eigenvalue weighted by Crippen LogP contribution is 2.53. The molecule has 3 aromatic carbocycles. The maximum atomic E-state index is 14.6. The maximum absolute atomic E-state index is 14.6. The number of rotatable bonds is 4. The molecule has 4 fully saturated rings. The minimum absolute atomic E-state index is 0.0519. The third-order valence-corrected chi connectivity index (χ3v) is 9.74. The summed E-state index contributed by atoms with van der Waals surface area (Å²) in [4.78, 5) is 30.0. The molecule has 0 radical (unpaired) electrons. The van der Waals surface area contributed by atoms with Crippen LogP contribution in [-0.2, 0) is 4.79 Å². The van der Waals surface area contributed by atoms with E-state index in [1.807, 2.05) is 30.3 Å². The van der Waals surface area contributed by atoms with Gasteiger partial charge >= 0.3 is 0 Å². The highest BCUT2D eigenvalue weighted by atomic mass is 16.2. The Morgan fingerprint density at radius 3 is 2.18 bits per heavy atom. The zero-order valence-electron chi connectivity index (χ0n) is 21.6. The molecule has 2 N–H and O–H groups in total. The summed E-state index contributed by atoms with van der Waals surface area (Å²) >= 11 is 0. The van der Waals surface area contributed by atoms with E-state index in [1.54, 1.807) is 0 Å². The van der Waals surface area contributed by atoms with Crippen LogP contribution in [0.2, 0.25) is 0 Å². The molecule has 194 valence electrons. The quantitative estimate of drug-likeness (QED) is 0.459. The fraction of sp³-hybridized carbons (Fsp3) is 0.394. The van der Waals surface area contributed by atoms with Gasteiger partial charge in [0.1, 0.15) is 0 Å². The second-order valence-electron chi connectivity index (χ2n) is 11.6.